The molecule has 0 aliphatic heterocycles. The van der Waals surface area contributed by atoms with E-state index in [9.17, 15) is 9.59 Å². The molecular weight excluding hydrogens is 442 g/mol. The standard InChI is InChI=1S/C23H23N5O2S2/c1-13-7-5-6-8-19(13)28-14(2)18(12-25-28)22(30)27-23-26-21(15(3)31-23)20-10-9-17(32-20)11-24-16(4)29/h5-10,12H,11H2,1-4H3,(H,24,29)(H,26,27,30). The first-order chi connectivity index (χ1) is 15.3. The maximum atomic E-state index is 12.9. The number of thiophene rings is 1. The fraction of sp³-hybridized carbons (Fsp3) is 0.217. The van der Waals surface area contributed by atoms with Crippen LogP contribution >= 0.6 is 22.7 Å². The molecule has 0 saturated carbocycles. The van der Waals surface area contributed by atoms with E-state index < -0.39 is 0 Å². The highest BCUT2D eigenvalue weighted by molar-refractivity contribution is 7.18. The van der Waals surface area contributed by atoms with Crippen LogP contribution in [0.2, 0.25) is 0 Å². The number of nitrogens with zero attached hydrogens (tertiary/aromatic N) is 3. The molecule has 0 bridgehead atoms. The van der Waals surface area contributed by atoms with Crippen molar-refractivity contribution in [1.82, 2.24) is 20.1 Å². The summed E-state index contributed by atoms with van der Waals surface area (Å²) in [5.74, 6) is -0.295. The summed E-state index contributed by atoms with van der Waals surface area (Å²) in [6.45, 7) is 7.88. The molecule has 0 unspecified atom stereocenters. The van der Waals surface area contributed by atoms with Gasteiger partial charge in [-0.2, -0.15) is 5.10 Å². The van der Waals surface area contributed by atoms with E-state index in [1.54, 1.807) is 22.2 Å². The highest BCUT2D eigenvalue weighted by Gasteiger charge is 2.19. The lowest BCUT2D eigenvalue weighted by Gasteiger charge is -2.08. The molecule has 7 nitrogen and oxygen atoms in total. The van der Waals surface area contributed by atoms with E-state index in [4.69, 9.17) is 0 Å². The van der Waals surface area contributed by atoms with Crippen LogP contribution in [0.4, 0.5) is 5.13 Å². The van der Waals surface area contributed by atoms with E-state index in [1.165, 1.54) is 18.3 Å². The molecule has 0 atom stereocenters. The number of anilines is 1. The largest absolute Gasteiger partial charge is 0.351 e. The van der Waals surface area contributed by atoms with Crippen LogP contribution < -0.4 is 10.6 Å². The first kappa shape index (κ1) is 21.9. The van der Waals surface area contributed by atoms with Crippen molar-refractivity contribution in [2.75, 3.05) is 5.32 Å². The molecule has 0 fully saturated rings. The lowest BCUT2D eigenvalue weighted by Crippen LogP contribution is -2.17. The fourth-order valence-corrected chi connectivity index (χ4v) is 5.21. The van der Waals surface area contributed by atoms with Crippen LogP contribution in [0.1, 0.15) is 38.3 Å². The van der Waals surface area contributed by atoms with Crippen LogP contribution in [0.25, 0.3) is 16.3 Å². The van der Waals surface area contributed by atoms with Crippen molar-refractivity contribution in [3.05, 3.63) is 69.2 Å². The number of aryl methyl sites for hydroxylation is 2. The Hall–Kier alpha value is -3.30. The average molecular weight is 466 g/mol. The van der Waals surface area contributed by atoms with Crippen LogP contribution in [0.5, 0.6) is 0 Å². The molecule has 0 radical (unpaired) electrons. The minimum atomic E-state index is -0.236. The molecule has 2 amide bonds. The molecule has 3 aromatic heterocycles. The van der Waals surface area contributed by atoms with Crippen molar-refractivity contribution in [1.29, 1.82) is 0 Å². The summed E-state index contributed by atoms with van der Waals surface area (Å²) in [7, 11) is 0. The summed E-state index contributed by atoms with van der Waals surface area (Å²) in [5.41, 5.74) is 4.16. The van der Waals surface area contributed by atoms with Gasteiger partial charge in [0.15, 0.2) is 5.13 Å². The van der Waals surface area contributed by atoms with Gasteiger partial charge >= 0.3 is 0 Å². The van der Waals surface area contributed by atoms with Crippen molar-refractivity contribution in [2.45, 2.75) is 34.2 Å². The average Bonchev–Trinajstić information content (AvgIpc) is 3.45. The number of para-hydroxylation sites is 1. The van der Waals surface area contributed by atoms with Crippen LogP contribution in [-0.4, -0.2) is 26.6 Å². The van der Waals surface area contributed by atoms with Crippen LogP contribution in [0.3, 0.4) is 0 Å². The third-order valence-corrected chi connectivity index (χ3v) is 7.00. The van der Waals surface area contributed by atoms with Gasteiger partial charge in [-0.25, -0.2) is 9.67 Å². The summed E-state index contributed by atoms with van der Waals surface area (Å²) in [6.07, 6.45) is 1.59. The topological polar surface area (TPSA) is 88.9 Å². The monoisotopic (exact) mass is 465 g/mol. The van der Waals surface area contributed by atoms with Crippen molar-refractivity contribution < 1.29 is 9.59 Å². The molecule has 1 aromatic carbocycles. The zero-order valence-corrected chi connectivity index (χ0v) is 19.9. The highest BCUT2D eigenvalue weighted by atomic mass is 32.1. The second-order valence-electron chi connectivity index (χ2n) is 7.40. The lowest BCUT2D eigenvalue weighted by atomic mass is 10.2. The Morgan fingerprint density at radius 1 is 1.06 bits per heavy atom. The highest BCUT2D eigenvalue weighted by Crippen LogP contribution is 2.35. The molecular formula is C23H23N5O2S2. The van der Waals surface area contributed by atoms with Crippen molar-refractivity contribution >= 4 is 39.6 Å². The molecule has 2 N–H and O–H groups in total. The normalized spacial score (nSPS) is 10.9. The summed E-state index contributed by atoms with van der Waals surface area (Å²) < 4.78 is 1.78. The fourth-order valence-electron chi connectivity index (χ4n) is 3.33. The Kier molecular flexibility index (Phi) is 6.20. The van der Waals surface area contributed by atoms with E-state index in [0.717, 1.165) is 37.3 Å². The molecule has 0 saturated heterocycles. The van der Waals surface area contributed by atoms with Gasteiger partial charge in [-0.1, -0.05) is 18.2 Å². The summed E-state index contributed by atoms with van der Waals surface area (Å²) >= 11 is 3.02. The van der Waals surface area contributed by atoms with Gasteiger partial charge in [0.25, 0.3) is 5.91 Å². The third kappa shape index (κ3) is 4.49. The van der Waals surface area contributed by atoms with Gasteiger partial charge in [0.05, 0.1) is 40.3 Å². The van der Waals surface area contributed by atoms with E-state index >= 15 is 0 Å². The van der Waals surface area contributed by atoms with Gasteiger partial charge in [-0.3, -0.25) is 14.9 Å². The first-order valence-electron chi connectivity index (χ1n) is 10.1. The van der Waals surface area contributed by atoms with Crippen molar-refractivity contribution in [3.63, 3.8) is 0 Å². The molecule has 3 heterocycles. The van der Waals surface area contributed by atoms with E-state index in [1.807, 2.05) is 57.2 Å². The van der Waals surface area contributed by atoms with Crippen LogP contribution in [-0.2, 0) is 11.3 Å². The van der Waals surface area contributed by atoms with Crippen molar-refractivity contribution in [2.24, 2.45) is 0 Å². The number of thiazole rings is 1. The SMILES string of the molecule is CC(=O)NCc1ccc(-c2nc(NC(=O)c3cnn(-c4ccccc4C)c3C)sc2C)s1. The number of carbonyl (C=O) groups is 2. The molecule has 164 valence electrons. The Labute approximate surface area is 194 Å². The van der Waals surface area contributed by atoms with Gasteiger partial charge < -0.3 is 5.32 Å². The lowest BCUT2D eigenvalue weighted by molar-refractivity contribution is -0.119. The van der Waals surface area contributed by atoms with Gasteiger partial charge in [0.2, 0.25) is 5.91 Å². The zero-order chi connectivity index (χ0) is 22.8. The Morgan fingerprint density at radius 2 is 1.84 bits per heavy atom. The van der Waals surface area contributed by atoms with Gasteiger partial charge in [0.1, 0.15) is 0 Å². The number of amides is 2. The molecule has 0 aliphatic carbocycles. The summed E-state index contributed by atoms with van der Waals surface area (Å²) in [4.78, 5) is 31.8. The molecule has 9 heteroatoms. The second kappa shape index (κ2) is 9.05. The summed E-state index contributed by atoms with van der Waals surface area (Å²) in [6, 6.07) is 11.9. The predicted molar refractivity (Wildman–Crippen MR) is 129 cm³/mol. The quantitative estimate of drug-likeness (QED) is 0.425. The van der Waals surface area contributed by atoms with Crippen molar-refractivity contribution in [3.8, 4) is 16.3 Å². The molecule has 4 rings (SSSR count). The van der Waals surface area contributed by atoms with E-state index in [-0.39, 0.29) is 11.8 Å². The molecule has 0 aliphatic rings. The minimum absolute atomic E-state index is 0.0594. The number of hydrogen-bond donors (Lipinski definition) is 2. The first-order valence-corrected chi connectivity index (χ1v) is 11.7. The van der Waals surface area contributed by atoms with Crippen LogP contribution in [0.15, 0.2) is 42.6 Å². The number of carbonyl (C=O) groups excluding carboxylic acids is 2. The molecule has 0 spiro atoms. The Bertz CT molecular complexity index is 1300. The summed E-state index contributed by atoms with van der Waals surface area (Å²) in [5, 5.41) is 10.7. The maximum Gasteiger partial charge on any atom is 0.260 e. The Morgan fingerprint density at radius 3 is 2.59 bits per heavy atom. The second-order valence-corrected chi connectivity index (χ2v) is 9.77. The van der Waals surface area contributed by atoms with E-state index in [2.05, 4.69) is 20.7 Å². The van der Waals surface area contributed by atoms with Gasteiger partial charge in [-0.05, 0) is 44.5 Å². The van der Waals surface area contributed by atoms with Crippen LogP contribution in [0, 0.1) is 20.8 Å². The number of hydrogen-bond acceptors (Lipinski definition) is 6. The van der Waals surface area contributed by atoms with Gasteiger partial charge in [-0.15, -0.1) is 22.7 Å². The minimum Gasteiger partial charge on any atom is -0.351 e. The smallest absolute Gasteiger partial charge is 0.260 e. The van der Waals surface area contributed by atoms with E-state index in [0.29, 0.717) is 17.2 Å². The zero-order valence-electron chi connectivity index (χ0n) is 18.2. The van der Waals surface area contributed by atoms with Gasteiger partial charge in [0, 0.05) is 16.7 Å². The number of aromatic nitrogens is 3. The predicted octanol–water partition coefficient (Wildman–Crippen LogP) is 4.87. The number of benzene rings is 1. The molecule has 32 heavy (non-hydrogen) atoms. The maximum absolute atomic E-state index is 12.9. The number of rotatable bonds is 6. The third-order valence-electron chi connectivity index (χ3n) is 5.02. The molecule has 4 aromatic rings. The Balaban J connectivity index is 1.52. The number of nitrogens with one attached hydrogen (secondary N) is 2.